The molecule has 1 aliphatic rings. The lowest BCUT2D eigenvalue weighted by atomic mass is 10.0. The first kappa shape index (κ1) is 25.4. The van der Waals surface area contributed by atoms with Crippen LogP contribution >= 0.6 is 11.6 Å². The van der Waals surface area contributed by atoms with E-state index < -0.39 is 11.7 Å². The highest BCUT2D eigenvalue weighted by atomic mass is 35.5. The summed E-state index contributed by atoms with van der Waals surface area (Å²) in [6, 6.07) is 18.0. The lowest BCUT2D eigenvalue weighted by molar-refractivity contribution is -0.132. The van der Waals surface area contributed by atoms with Crippen LogP contribution in [0.4, 0.5) is 0 Å². The number of rotatable bonds is 10. The van der Waals surface area contributed by atoms with Gasteiger partial charge in [0.05, 0.1) is 24.8 Å². The van der Waals surface area contributed by atoms with E-state index in [9.17, 15) is 9.59 Å². The molecular formula is C28H28ClNO6. The fourth-order valence-electron chi connectivity index (χ4n) is 3.85. The Labute approximate surface area is 215 Å². The van der Waals surface area contributed by atoms with Crippen molar-refractivity contribution in [1.29, 1.82) is 0 Å². The van der Waals surface area contributed by atoms with Crippen LogP contribution in [-0.4, -0.2) is 43.9 Å². The minimum absolute atomic E-state index is 0.0441. The minimum atomic E-state index is -0.664. The first-order valence-corrected chi connectivity index (χ1v) is 11.9. The maximum Gasteiger partial charge on any atom is 0.295 e. The lowest BCUT2D eigenvalue weighted by Gasteiger charge is -2.36. The Balaban J connectivity index is 1.57. The number of hydrogen-bond donors (Lipinski definition) is 0. The number of carbonyl (C=O) groups excluding carboxylic acids is 2. The molecule has 4 rings (SSSR count). The van der Waals surface area contributed by atoms with Gasteiger partial charge in [0.2, 0.25) is 0 Å². The second kappa shape index (κ2) is 11.4. The van der Waals surface area contributed by atoms with Gasteiger partial charge in [-0.25, -0.2) is 0 Å². The minimum Gasteiger partial charge on any atom is -0.497 e. The third kappa shape index (κ3) is 5.74. The van der Waals surface area contributed by atoms with Gasteiger partial charge in [-0.2, -0.15) is 0 Å². The number of methoxy groups -OCH3 is 2. The summed E-state index contributed by atoms with van der Waals surface area (Å²) in [5.74, 6) is 1.20. The number of carbonyl (C=O) groups is 2. The van der Waals surface area contributed by atoms with E-state index in [1.54, 1.807) is 20.3 Å². The van der Waals surface area contributed by atoms with Crippen LogP contribution in [-0.2, 0) is 18.0 Å². The Bertz CT molecular complexity index is 1220. The first-order chi connectivity index (χ1) is 17.4. The van der Waals surface area contributed by atoms with Crippen LogP contribution < -0.4 is 18.9 Å². The van der Waals surface area contributed by atoms with E-state index in [1.807, 2.05) is 55.5 Å². The Morgan fingerprint density at radius 2 is 1.36 bits per heavy atom. The van der Waals surface area contributed by atoms with Gasteiger partial charge in [0.15, 0.2) is 11.5 Å². The number of benzene rings is 3. The lowest BCUT2D eigenvalue weighted by Crippen LogP contribution is -2.51. The van der Waals surface area contributed by atoms with Crippen molar-refractivity contribution in [3.05, 3.63) is 82.4 Å². The largest absolute Gasteiger partial charge is 0.497 e. The van der Waals surface area contributed by atoms with E-state index in [0.29, 0.717) is 24.8 Å². The first-order valence-electron chi connectivity index (χ1n) is 11.6. The smallest absolute Gasteiger partial charge is 0.295 e. The normalized spacial score (nSPS) is 13.1. The van der Waals surface area contributed by atoms with Crippen molar-refractivity contribution in [1.82, 2.24) is 4.90 Å². The second-order valence-electron chi connectivity index (χ2n) is 8.67. The van der Waals surface area contributed by atoms with Crippen molar-refractivity contribution >= 4 is 23.3 Å². The highest BCUT2D eigenvalue weighted by Gasteiger charge is 2.33. The summed E-state index contributed by atoms with van der Waals surface area (Å²) in [6.45, 7) is 3.58. The summed E-state index contributed by atoms with van der Waals surface area (Å²) in [6.07, 6.45) is 0. The Morgan fingerprint density at radius 3 is 1.86 bits per heavy atom. The number of likely N-dealkylation sites (tertiary alicyclic amines) is 1. The molecule has 1 aliphatic heterocycles. The summed E-state index contributed by atoms with van der Waals surface area (Å²) in [5.41, 5.74) is 1.87. The van der Waals surface area contributed by atoms with Gasteiger partial charge in [-0.1, -0.05) is 42.8 Å². The van der Waals surface area contributed by atoms with E-state index in [1.165, 1.54) is 11.0 Å². The maximum atomic E-state index is 13.0. The summed E-state index contributed by atoms with van der Waals surface area (Å²) in [4.78, 5) is 27.1. The third-order valence-corrected chi connectivity index (χ3v) is 6.32. The van der Waals surface area contributed by atoms with Crippen LogP contribution in [0.15, 0.2) is 60.7 Å². The monoisotopic (exact) mass is 509 g/mol. The molecule has 7 nitrogen and oxygen atoms in total. The number of nitrogens with zero attached hydrogens (tertiary/aromatic N) is 1. The third-order valence-electron chi connectivity index (χ3n) is 5.95. The molecule has 188 valence electrons. The van der Waals surface area contributed by atoms with Crippen LogP contribution in [0.5, 0.6) is 23.0 Å². The number of amides is 1. The van der Waals surface area contributed by atoms with Crippen molar-refractivity contribution in [3.8, 4) is 23.0 Å². The zero-order valence-electron chi connectivity index (χ0n) is 20.5. The van der Waals surface area contributed by atoms with Crippen molar-refractivity contribution in [2.45, 2.75) is 20.1 Å². The van der Waals surface area contributed by atoms with Crippen LogP contribution in [0, 0.1) is 5.92 Å². The van der Waals surface area contributed by atoms with E-state index in [4.69, 9.17) is 30.5 Å². The van der Waals surface area contributed by atoms with Gasteiger partial charge in [0.25, 0.3) is 11.7 Å². The molecule has 0 unspecified atom stereocenters. The molecule has 0 saturated carbocycles. The number of halogens is 1. The highest BCUT2D eigenvalue weighted by molar-refractivity contribution is 6.47. The molecule has 1 fully saturated rings. The molecule has 1 saturated heterocycles. The molecule has 0 spiro atoms. The standard InChI is InChI=1S/C28H28ClNO6/c1-18-14-30(15-18)28(32)26(31)23-12-13-24(35-16-19-4-8-21(33-2)9-5-19)27(25(23)29)36-17-20-6-10-22(34-3)11-7-20/h4-13,18H,14-17H2,1-3H3. The van der Waals surface area contributed by atoms with Crippen molar-refractivity contribution in [3.63, 3.8) is 0 Å². The van der Waals surface area contributed by atoms with Crippen LogP contribution in [0.1, 0.15) is 28.4 Å². The second-order valence-corrected chi connectivity index (χ2v) is 9.05. The molecule has 1 amide bonds. The van der Waals surface area contributed by atoms with Gasteiger partial charge >= 0.3 is 0 Å². The van der Waals surface area contributed by atoms with Gasteiger partial charge in [-0.05, 0) is 53.4 Å². The Hall–Kier alpha value is -3.71. The van der Waals surface area contributed by atoms with Gasteiger partial charge < -0.3 is 23.8 Å². The predicted octanol–water partition coefficient (Wildman–Crippen LogP) is 5.18. The summed E-state index contributed by atoms with van der Waals surface area (Å²) < 4.78 is 22.5. The molecule has 3 aromatic rings. The van der Waals surface area contributed by atoms with Gasteiger partial charge in [-0.3, -0.25) is 9.59 Å². The van der Waals surface area contributed by atoms with E-state index >= 15 is 0 Å². The van der Waals surface area contributed by atoms with Gasteiger partial charge in [0, 0.05) is 13.1 Å². The predicted molar refractivity (Wildman–Crippen MR) is 136 cm³/mol. The van der Waals surface area contributed by atoms with Gasteiger partial charge in [-0.15, -0.1) is 0 Å². The molecule has 0 aromatic heterocycles. The zero-order valence-corrected chi connectivity index (χ0v) is 21.2. The quantitative estimate of drug-likeness (QED) is 0.277. The molecule has 0 aliphatic carbocycles. The van der Waals surface area contributed by atoms with E-state index in [-0.39, 0.29) is 29.5 Å². The molecule has 3 aromatic carbocycles. The van der Waals surface area contributed by atoms with E-state index in [0.717, 1.165) is 22.6 Å². The molecule has 0 radical (unpaired) electrons. The fraction of sp³-hybridized carbons (Fsp3) is 0.286. The summed E-state index contributed by atoms with van der Waals surface area (Å²) >= 11 is 6.65. The summed E-state index contributed by atoms with van der Waals surface area (Å²) in [5, 5.41) is 0.0441. The number of hydrogen-bond acceptors (Lipinski definition) is 6. The highest BCUT2D eigenvalue weighted by Crippen LogP contribution is 2.39. The zero-order chi connectivity index (χ0) is 25.7. The molecule has 0 atom stereocenters. The SMILES string of the molecule is COc1ccc(COc2ccc(C(=O)C(=O)N3CC(C)C3)c(Cl)c2OCc2ccc(OC)cc2)cc1. The fourth-order valence-corrected chi connectivity index (χ4v) is 4.14. The molecule has 0 N–H and O–H groups in total. The van der Waals surface area contributed by atoms with Gasteiger partial charge in [0.1, 0.15) is 24.7 Å². The molecular weight excluding hydrogens is 482 g/mol. The number of ether oxygens (including phenoxy) is 4. The van der Waals surface area contributed by atoms with Crippen LogP contribution in [0.25, 0.3) is 0 Å². The molecule has 1 heterocycles. The Morgan fingerprint density at radius 1 is 0.833 bits per heavy atom. The summed E-state index contributed by atoms with van der Waals surface area (Å²) in [7, 11) is 3.21. The van der Waals surface area contributed by atoms with Crippen molar-refractivity contribution in [2.24, 2.45) is 5.92 Å². The molecule has 0 bridgehead atoms. The number of Topliss-reactive ketones (excluding diaryl/α,β-unsaturated/α-hetero) is 1. The van der Waals surface area contributed by atoms with Crippen molar-refractivity contribution in [2.75, 3.05) is 27.3 Å². The van der Waals surface area contributed by atoms with Crippen molar-refractivity contribution < 1.29 is 28.5 Å². The average molecular weight is 510 g/mol. The molecule has 36 heavy (non-hydrogen) atoms. The average Bonchev–Trinajstić information content (AvgIpc) is 2.89. The Kier molecular flexibility index (Phi) is 8.00. The van der Waals surface area contributed by atoms with Crippen LogP contribution in [0.2, 0.25) is 5.02 Å². The topological polar surface area (TPSA) is 74.3 Å². The number of ketones is 1. The molecule has 8 heteroatoms. The van der Waals surface area contributed by atoms with Crippen LogP contribution in [0.3, 0.4) is 0 Å². The maximum absolute atomic E-state index is 13.0. The van der Waals surface area contributed by atoms with E-state index in [2.05, 4.69) is 0 Å².